The van der Waals surface area contributed by atoms with E-state index >= 15 is 0 Å². The maximum Gasteiger partial charge on any atom is 0.261 e. The van der Waals surface area contributed by atoms with Crippen LogP contribution in [0.3, 0.4) is 0 Å². The first-order valence-electron chi connectivity index (χ1n) is 8.47. The van der Waals surface area contributed by atoms with Crippen molar-refractivity contribution in [1.82, 2.24) is 24.9 Å². The molecule has 1 aliphatic rings. The Morgan fingerprint density at radius 1 is 1.31 bits per heavy atom. The summed E-state index contributed by atoms with van der Waals surface area (Å²) in [4.78, 5) is 20.0. The SMILES string of the molecule is O=C(N[C@@H]1CCN(c2nccn3cnnc23)C1)c1cc2ccccc2s1. The van der Waals surface area contributed by atoms with Gasteiger partial charge in [0.1, 0.15) is 6.33 Å². The molecule has 1 aliphatic heterocycles. The molecule has 4 heterocycles. The van der Waals surface area contributed by atoms with Crippen molar-refractivity contribution in [2.45, 2.75) is 12.5 Å². The summed E-state index contributed by atoms with van der Waals surface area (Å²) in [5.74, 6) is 0.801. The van der Waals surface area contributed by atoms with E-state index in [9.17, 15) is 4.79 Å². The van der Waals surface area contributed by atoms with Crippen LogP contribution in [0.5, 0.6) is 0 Å². The molecule has 0 spiro atoms. The van der Waals surface area contributed by atoms with Crippen LogP contribution in [-0.4, -0.2) is 44.6 Å². The third kappa shape index (κ3) is 2.59. The molecule has 26 heavy (non-hydrogen) atoms. The highest BCUT2D eigenvalue weighted by Gasteiger charge is 2.27. The van der Waals surface area contributed by atoms with E-state index in [0.29, 0.717) is 0 Å². The maximum atomic E-state index is 12.6. The standard InChI is InChI=1S/C18H16N6OS/c25-18(15-9-12-3-1-2-4-14(12)26-15)21-13-5-7-23(10-13)16-17-22-20-11-24(17)8-6-19-16/h1-4,6,8-9,11,13H,5,7,10H2,(H,21,25)/t13-/m1/s1. The molecular formula is C18H16N6OS. The van der Waals surface area contributed by atoms with Crippen LogP contribution in [0.15, 0.2) is 49.1 Å². The molecule has 1 amide bonds. The minimum atomic E-state index is -0.00769. The summed E-state index contributed by atoms with van der Waals surface area (Å²) in [7, 11) is 0. The molecule has 0 aliphatic carbocycles. The fourth-order valence-corrected chi connectivity index (χ4v) is 4.35. The molecule has 0 radical (unpaired) electrons. The van der Waals surface area contributed by atoms with Crippen LogP contribution >= 0.6 is 11.3 Å². The lowest BCUT2D eigenvalue weighted by atomic mass is 10.2. The predicted octanol–water partition coefficient (Wildman–Crippen LogP) is 2.35. The average Bonchev–Trinajstić information content (AvgIpc) is 3.39. The summed E-state index contributed by atoms with van der Waals surface area (Å²) >= 11 is 1.53. The number of thiophene rings is 1. The number of carbonyl (C=O) groups is 1. The Morgan fingerprint density at radius 2 is 2.23 bits per heavy atom. The molecule has 5 rings (SSSR count). The van der Waals surface area contributed by atoms with Gasteiger partial charge in [0.15, 0.2) is 5.82 Å². The smallest absolute Gasteiger partial charge is 0.261 e. The van der Waals surface area contributed by atoms with Crippen LogP contribution < -0.4 is 10.2 Å². The summed E-state index contributed by atoms with van der Waals surface area (Å²) < 4.78 is 2.99. The van der Waals surface area contributed by atoms with Crippen LogP contribution in [-0.2, 0) is 0 Å². The maximum absolute atomic E-state index is 12.6. The molecule has 8 heteroatoms. The van der Waals surface area contributed by atoms with Gasteiger partial charge in [-0.05, 0) is 23.9 Å². The van der Waals surface area contributed by atoms with Crippen molar-refractivity contribution in [3.8, 4) is 0 Å². The number of fused-ring (bicyclic) bond motifs is 2. The lowest BCUT2D eigenvalue weighted by molar-refractivity contribution is 0.0944. The molecule has 1 fully saturated rings. The first kappa shape index (κ1) is 15.3. The van der Waals surface area contributed by atoms with Gasteiger partial charge in [-0.2, -0.15) is 0 Å². The molecule has 0 unspecified atom stereocenters. The minimum absolute atomic E-state index is 0.00769. The molecule has 1 saturated heterocycles. The second kappa shape index (κ2) is 6.06. The quantitative estimate of drug-likeness (QED) is 0.604. The molecule has 0 bridgehead atoms. The van der Waals surface area contributed by atoms with Gasteiger partial charge in [0.25, 0.3) is 5.91 Å². The van der Waals surface area contributed by atoms with Gasteiger partial charge >= 0.3 is 0 Å². The van der Waals surface area contributed by atoms with Crippen molar-refractivity contribution in [3.05, 3.63) is 53.9 Å². The van der Waals surface area contributed by atoms with Crippen LogP contribution in [0.4, 0.5) is 5.82 Å². The number of hydrogen-bond donors (Lipinski definition) is 1. The van der Waals surface area contributed by atoms with E-state index in [1.165, 1.54) is 11.3 Å². The van der Waals surface area contributed by atoms with Crippen molar-refractivity contribution < 1.29 is 4.79 Å². The van der Waals surface area contributed by atoms with Gasteiger partial charge < -0.3 is 10.2 Å². The average molecular weight is 364 g/mol. The van der Waals surface area contributed by atoms with E-state index < -0.39 is 0 Å². The van der Waals surface area contributed by atoms with E-state index in [2.05, 4.69) is 25.4 Å². The molecule has 4 aromatic rings. The summed E-state index contributed by atoms with van der Waals surface area (Å²) in [6.45, 7) is 1.55. The molecule has 1 aromatic carbocycles. The number of aromatic nitrogens is 4. The fourth-order valence-electron chi connectivity index (χ4n) is 3.39. The van der Waals surface area contributed by atoms with Gasteiger partial charge in [-0.15, -0.1) is 21.5 Å². The number of rotatable bonds is 3. The highest BCUT2D eigenvalue weighted by molar-refractivity contribution is 7.20. The van der Waals surface area contributed by atoms with Crippen molar-refractivity contribution in [2.75, 3.05) is 18.0 Å². The van der Waals surface area contributed by atoms with Crippen LogP contribution in [0.1, 0.15) is 16.1 Å². The van der Waals surface area contributed by atoms with Gasteiger partial charge in [0.2, 0.25) is 5.65 Å². The molecule has 1 N–H and O–H groups in total. The Kier molecular flexibility index (Phi) is 3.56. The monoisotopic (exact) mass is 364 g/mol. The lowest BCUT2D eigenvalue weighted by Gasteiger charge is -2.17. The van der Waals surface area contributed by atoms with E-state index in [4.69, 9.17) is 0 Å². The highest BCUT2D eigenvalue weighted by atomic mass is 32.1. The van der Waals surface area contributed by atoms with E-state index in [0.717, 1.165) is 45.9 Å². The zero-order chi connectivity index (χ0) is 17.5. The number of benzene rings is 1. The number of amides is 1. The number of hydrogen-bond acceptors (Lipinski definition) is 6. The van der Waals surface area contributed by atoms with Gasteiger partial charge in [-0.3, -0.25) is 9.20 Å². The van der Waals surface area contributed by atoms with Gasteiger partial charge in [-0.1, -0.05) is 18.2 Å². The third-order valence-corrected chi connectivity index (χ3v) is 5.78. The molecule has 0 saturated carbocycles. The summed E-state index contributed by atoms with van der Waals surface area (Å²) in [5.41, 5.74) is 0.740. The van der Waals surface area contributed by atoms with E-state index in [1.54, 1.807) is 12.5 Å². The topological polar surface area (TPSA) is 75.4 Å². The van der Waals surface area contributed by atoms with Gasteiger partial charge in [0.05, 0.1) is 4.88 Å². The van der Waals surface area contributed by atoms with Crippen LogP contribution in [0.25, 0.3) is 15.7 Å². The summed E-state index contributed by atoms with van der Waals surface area (Å²) in [5, 5.41) is 12.3. The second-order valence-electron chi connectivity index (χ2n) is 6.37. The van der Waals surface area contributed by atoms with Crippen molar-refractivity contribution in [3.63, 3.8) is 0 Å². The van der Waals surface area contributed by atoms with Gasteiger partial charge in [0, 0.05) is 36.2 Å². The first-order valence-corrected chi connectivity index (χ1v) is 9.28. The second-order valence-corrected chi connectivity index (χ2v) is 7.45. The number of nitrogens with zero attached hydrogens (tertiary/aromatic N) is 5. The normalized spacial score (nSPS) is 17.2. The molecule has 130 valence electrons. The Labute approximate surface area is 153 Å². The van der Waals surface area contributed by atoms with Crippen LogP contribution in [0.2, 0.25) is 0 Å². The Hall–Kier alpha value is -3.00. The Bertz CT molecular complexity index is 1070. The van der Waals surface area contributed by atoms with Gasteiger partial charge in [-0.25, -0.2) is 4.98 Å². The lowest BCUT2D eigenvalue weighted by Crippen LogP contribution is -2.37. The summed E-state index contributed by atoms with van der Waals surface area (Å²) in [6.07, 6.45) is 6.12. The first-order chi connectivity index (χ1) is 12.8. The number of nitrogens with one attached hydrogen (secondary N) is 1. The zero-order valence-corrected chi connectivity index (χ0v) is 14.7. The zero-order valence-electron chi connectivity index (χ0n) is 13.9. The molecule has 1 atom stereocenters. The van der Waals surface area contributed by atoms with E-state index in [-0.39, 0.29) is 11.9 Å². The Balaban J connectivity index is 1.31. The predicted molar refractivity (Wildman–Crippen MR) is 101 cm³/mol. The largest absolute Gasteiger partial charge is 0.351 e. The van der Waals surface area contributed by atoms with Crippen molar-refractivity contribution >= 4 is 38.8 Å². The highest BCUT2D eigenvalue weighted by Crippen LogP contribution is 2.26. The number of anilines is 1. The molecular weight excluding hydrogens is 348 g/mol. The molecule has 7 nitrogen and oxygen atoms in total. The minimum Gasteiger partial charge on any atom is -0.351 e. The van der Waals surface area contributed by atoms with Crippen LogP contribution in [0, 0.1) is 0 Å². The third-order valence-electron chi connectivity index (χ3n) is 4.67. The Morgan fingerprint density at radius 3 is 3.15 bits per heavy atom. The van der Waals surface area contributed by atoms with Crippen molar-refractivity contribution in [1.29, 1.82) is 0 Å². The number of carbonyl (C=O) groups excluding carboxylic acids is 1. The molecule has 3 aromatic heterocycles. The summed E-state index contributed by atoms with van der Waals surface area (Å²) in [6, 6.07) is 10.1. The fraction of sp³-hybridized carbons (Fsp3) is 0.222. The van der Waals surface area contributed by atoms with Crippen molar-refractivity contribution in [2.24, 2.45) is 0 Å². The van der Waals surface area contributed by atoms with E-state index in [1.807, 2.05) is 40.9 Å².